The van der Waals surface area contributed by atoms with Crippen molar-refractivity contribution < 1.29 is 9.34 Å². The second-order valence-electron chi connectivity index (χ2n) is 3.44. The highest BCUT2D eigenvalue weighted by atomic mass is 32.2. The first-order valence-corrected chi connectivity index (χ1v) is 6.27. The highest BCUT2D eigenvalue weighted by Gasteiger charge is 2.12. The highest BCUT2D eigenvalue weighted by molar-refractivity contribution is 7.99. The third-order valence-corrected chi connectivity index (χ3v) is 2.97. The van der Waals surface area contributed by atoms with Gasteiger partial charge in [0, 0.05) is 29.9 Å². The van der Waals surface area contributed by atoms with Crippen LogP contribution in [0.15, 0.2) is 33.9 Å². The van der Waals surface area contributed by atoms with Crippen LogP contribution in [-0.4, -0.2) is 20.9 Å². The molecule has 2 aromatic rings. The van der Waals surface area contributed by atoms with Crippen LogP contribution in [0.4, 0.5) is 5.69 Å². The molecule has 0 aliphatic rings. The van der Waals surface area contributed by atoms with E-state index in [0.717, 1.165) is 0 Å². The molecule has 8 heteroatoms. The van der Waals surface area contributed by atoms with Crippen molar-refractivity contribution in [3.05, 3.63) is 34.4 Å². The van der Waals surface area contributed by atoms with Crippen molar-refractivity contribution in [1.29, 1.82) is 5.26 Å². The van der Waals surface area contributed by atoms with Crippen LogP contribution in [-0.2, 0) is 0 Å². The summed E-state index contributed by atoms with van der Waals surface area (Å²) in [4.78, 5) is 10.2. The minimum Gasteiger partial charge on any atom is -0.411 e. The number of nitrogens with zero attached hydrogens (tertiary/aromatic N) is 4. The largest absolute Gasteiger partial charge is 0.411 e. The number of hydrogen-bond acceptors (Lipinski definition) is 7. The Morgan fingerprint density at radius 2 is 2.32 bits per heavy atom. The zero-order chi connectivity index (χ0) is 13.7. The minimum absolute atomic E-state index is 0.0330. The topological polar surface area (TPSA) is 106 Å². The van der Waals surface area contributed by atoms with Gasteiger partial charge in [0.2, 0.25) is 5.89 Å². The molecule has 0 aliphatic carbocycles. The molecule has 0 radical (unpaired) electrons. The maximum Gasteiger partial charge on any atom is 0.276 e. The van der Waals surface area contributed by atoms with E-state index >= 15 is 0 Å². The maximum atomic E-state index is 10.7. The van der Waals surface area contributed by atoms with Crippen molar-refractivity contribution in [1.82, 2.24) is 10.2 Å². The molecule has 7 nitrogen and oxygen atoms in total. The average molecular weight is 276 g/mol. The predicted octanol–water partition coefficient (Wildman–Crippen LogP) is 2.65. The third kappa shape index (κ3) is 3.29. The summed E-state index contributed by atoms with van der Waals surface area (Å²) >= 11 is 1.27. The Kier molecular flexibility index (Phi) is 4.10. The van der Waals surface area contributed by atoms with Crippen molar-refractivity contribution >= 4 is 17.4 Å². The molecule has 1 aromatic carbocycles. The number of nitriles is 1. The molecule has 0 saturated heterocycles. The molecule has 0 amide bonds. The van der Waals surface area contributed by atoms with Gasteiger partial charge < -0.3 is 4.42 Å². The molecule has 0 fully saturated rings. The minimum atomic E-state index is -0.484. The molecule has 19 heavy (non-hydrogen) atoms. The Hall–Kier alpha value is -2.40. The molecule has 2 rings (SSSR count). The fraction of sp³-hybridized carbons (Fsp3) is 0.182. The van der Waals surface area contributed by atoms with Gasteiger partial charge in [-0.25, -0.2) is 0 Å². The summed E-state index contributed by atoms with van der Waals surface area (Å²) in [5.41, 5.74) is 0.461. The number of benzene rings is 1. The number of nitro benzene ring substituents is 1. The van der Waals surface area contributed by atoms with Gasteiger partial charge in [0.1, 0.15) is 0 Å². The molecular weight excluding hydrogens is 268 g/mol. The number of non-ortho nitro benzene ring substituents is 1. The molecule has 0 spiro atoms. The summed E-state index contributed by atoms with van der Waals surface area (Å²) in [6.07, 6.45) is 0.388. The fourth-order valence-electron chi connectivity index (χ4n) is 1.32. The molecule has 0 N–H and O–H groups in total. The second kappa shape index (κ2) is 5.97. The van der Waals surface area contributed by atoms with Crippen LogP contribution in [0.2, 0.25) is 0 Å². The fourth-order valence-corrected chi connectivity index (χ4v) is 1.93. The van der Waals surface area contributed by atoms with Crippen molar-refractivity contribution in [2.75, 3.05) is 5.75 Å². The molecule has 96 valence electrons. The van der Waals surface area contributed by atoms with Gasteiger partial charge >= 0.3 is 0 Å². The zero-order valence-electron chi connectivity index (χ0n) is 9.65. The predicted molar refractivity (Wildman–Crippen MR) is 67.3 cm³/mol. The molecular formula is C11H8N4O3S. The molecule has 1 aromatic heterocycles. The smallest absolute Gasteiger partial charge is 0.276 e. The van der Waals surface area contributed by atoms with Gasteiger partial charge in [0.25, 0.3) is 10.9 Å². The first-order chi connectivity index (χ1) is 9.20. The molecule has 0 unspecified atom stereocenters. The van der Waals surface area contributed by atoms with Crippen molar-refractivity contribution in [2.24, 2.45) is 0 Å². The van der Waals surface area contributed by atoms with E-state index < -0.39 is 4.92 Å². The Balaban J connectivity index is 2.16. The normalized spacial score (nSPS) is 10.1. The van der Waals surface area contributed by atoms with Crippen LogP contribution in [0.3, 0.4) is 0 Å². The first-order valence-electron chi connectivity index (χ1n) is 5.29. The van der Waals surface area contributed by atoms with E-state index in [1.54, 1.807) is 12.1 Å². The summed E-state index contributed by atoms with van der Waals surface area (Å²) in [5, 5.41) is 27.1. The van der Waals surface area contributed by atoms with Gasteiger partial charge in [-0.3, -0.25) is 10.1 Å². The number of aromatic nitrogens is 2. The van der Waals surface area contributed by atoms with Crippen molar-refractivity contribution in [3.8, 4) is 17.5 Å². The Morgan fingerprint density at radius 3 is 3.05 bits per heavy atom. The summed E-state index contributed by atoms with van der Waals surface area (Å²) in [5.74, 6) is 0.788. The van der Waals surface area contributed by atoms with Crippen LogP contribution in [0.5, 0.6) is 0 Å². The van der Waals surface area contributed by atoms with Crippen LogP contribution < -0.4 is 0 Å². The van der Waals surface area contributed by atoms with Gasteiger partial charge in [-0.2, -0.15) is 5.26 Å². The van der Waals surface area contributed by atoms with E-state index in [4.69, 9.17) is 9.68 Å². The summed E-state index contributed by atoms with van der Waals surface area (Å²) in [6.45, 7) is 0. The summed E-state index contributed by atoms with van der Waals surface area (Å²) in [7, 11) is 0. The van der Waals surface area contributed by atoms with E-state index in [2.05, 4.69) is 10.2 Å². The zero-order valence-corrected chi connectivity index (χ0v) is 10.5. The quantitative estimate of drug-likeness (QED) is 0.357. The van der Waals surface area contributed by atoms with Gasteiger partial charge in [-0.05, 0) is 6.07 Å². The molecule has 0 aliphatic heterocycles. The lowest BCUT2D eigenvalue weighted by Gasteiger charge is -1.94. The van der Waals surface area contributed by atoms with Gasteiger partial charge in [-0.15, -0.1) is 10.2 Å². The standard InChI is InChI=1S/C11H8N4O3S/c12-5-2-6-19-11-14-13-10(18-11)8-3-1-4-9(7-8)15(16)17/h1,3-4,7H,2,6H2. The van der Waals surface area contributed by atoms with E-state index in [1.165, 1.54) is 23.9 Å². The molecule has 0 atom stereocenters. The van der Waals surface area contributed by atoms with E-state index in [-0.39, 0.29) is 11.6 Å². The first kappa shape index (κ1) is 13.0. The van der Waals surface area contributed by atoms with Crippen molar-refractivity contribution in [3.63, 3.8) is 0 Å². The van der Waals surface area contributed by atoms with E-state index in [9.17, 15) is 10.1 Å². The lowest BCUT2D eigenvalue weighted by atomic mass is 10.2. The number of hydrogen-bond donors (Lipinski definition) is 0. The van der Waals surface area contributed by atoms with Crippen LogP contribution in [0.25, 0.3) is 11.5 Å². The second-order valence-corrected chi connectivity index (χ2v) is 4.48. The highest BCUT2D eigenvalue weighted by Crippen LogP contribution is 2.25. The Bertz CT molecular complexity index is 635. The molecule has 1 heterocycles. The number of thioether (sulfide) groups is 1. The van der Waals surface area contributed by atoms with Crippen molar-refractivity contribution in [2.45, 2.75) is 11.6 Å². The lowest BCUT2D eigenvalue weighted by molar-refractivity contribution is -0.384. The van der Waals surface area contributed by atoms with Gasteiger partial charge in [0.05, 0.1) is 11.0 Å². The van der Waals surface area contributed by atoms with Crippen LogP contribution >= 0.6 is 11.8 Å². The summed E-state index contributed by atoms with van der Waals surface area (Å²) in [6, 6.07) is 7.99. The Morgan fingerprint density at radius 1 is 1.47 bits per heavy atom. The van der Waals surface area contributed by atoms with E-state index in [1.807, 2.05) is 6.07 Å². The van der Waals surface area contributed by atoms with Gasteiger partial charge in [0.15, 0.2) is 0 Å². The van der Waals surface area contributed by atoms with E-state index in [0.29, 0.717) is 23.0 Å². The van der Waals surface area contributed by atoms with Gasteiger partial charge in [-0.1, -0.05) is 17.8 Å². The lowest BCUT2D eigenvalue weighted by Crippen LogP contribution is -1.88. The maximum absolute atomic E-state index is 10.7. The third-order valence-electron chi connectivity index (χ3n) is 2.15. The van der Waals surface area contributed by atoms with Crippen LogP contribution in [0, 0.1) is 21.4 Å². The summed E-state index contributed by atoms with van der Waals surface area (Å²) < 4.78 is 5.36. The number of rotatable bonds is 5. The number of nitro groups is 1. The SMILES string of the molecule is N#CCCSc1nnc(-c2cccc([N+](=O)[O-])c2)o1. The monoisotopic (exact) mass is 276 g/mol. The molecule has 0 bridgehead atoms. The van der Waals surface area contributed by atoms with Crippen LogP contribution in [0.1, 0.15) is 6.42 Å². The Labute approximate surface area is 112 Å². The molecule has 0 saturated carbocycles. The average Bonchev–Trinajstić information content (AvgIpc) is 2.88.